The van der Waals surface area contributed by atoms with Crippen LogP contribution in [0.3, 0.4) is 0 Å². The number of anilines is 1. The van der Waals surface area contributed by atoms with Gasteiger partial charge in [-0.3, -0.25) is 23.7 Å². The fourth-order valence-electron chi connectivity index (χ4n) is 3.13. The number of nitrogens with two attached hydrogens (primary N) is 1. The zero-order valence-corrected chi connectivity index (χ0v) is 25.7. The van der Waals surface area contributed by atoms with Gasteiger partial charge in [-0.15, -0.1) is 0 Å². The molecule has 2 heterocycles. The largest absolute Gasteiger partial charge is 0.510 e. The van der Waals surface area contributed by atoms with Crippen LogP contribution in [0.25, 0.3) is 11.2 Å². The predicted octanol–water partition coefficient (Wildman–Crippen LogP) is 2.57. The van der Waals surface area contributed by atoms with Crippen molar-refractivity contribution in [3.05, 3.63) is 12.7 Å². The van der Waals surface area contributed by atoms with Gasteiger partial charge in [0, 0.05) is 0 Å². The molecule has 3 N–H and O–H groups in total. The van der Waals surface area contributed by atoms with Crippen molar-refractivity contribution in [2.24, 2.45) is 5.41 Å². The fourth-order valence-corrected chi connectivity index (χ4v) is 4.22. The Labute approximate surface area is 248 Å². The van der Waals surface area contributed by atoms with E-state index in [1.807, 2.05) is 0 Å². The van der Waals surface area contributed by atoms with Gasteiger partial charge in [0.05, 0.1) is 56.9 Å². The van der Waals surface area contributed by atoms with E-state index in [9.17, 15) is 14.2 Å². The van der Waals surface area contributed by atoms with Crippen molar-refractivity contribution in [2.75, 3.05) is 58.7 Å². The van der Waals surface area contributed by atoms with Crippen molar-refractivity contribution in [2.45, 2.75) is 53.4 Å². The molecule has 0 bridgehead atoms. The molecule has 1 unspecified atom stereocenters. The lowest BCUT2D eigenvalue weighted by molar-refractivity contribution is -0.249. The smallest absolute Gasteiger partial charge is 0.437 e. The van der Waals surface area contributed by atoms with Crippen LogP contribution in [0.1, 0.15) is 34.6 Å². The van der Waals surface area contributed by atoms with Crippen LogP contribution < -0.4 is 5.73 Å². The van der Waals surface area contributed by atoms with Crippen LogP contribution in [-0.4, -0.2) is 102 Å². The molecule has 43 heavy (non-hydrogen) atoms. The van der Waals surface area contributed by atoms with Crippen molar-refractivity contribution in [3.8, 4) is 0 Å². The molecular weight excluding hydrogens is 597 g/mol. The van der Waals surface area contributed by atoms with Gasteiger partial charge in [0.25, 0.3) is 0 Å². The normalized spacial score (nSPS) is 14.0. The molecule has 2 aromatic heterocycles. The van der Waals surface area contributed by atoms with Crippen molar-refractivity contribution >= 4 is 36.7 Å². The minimum absolute atomic E-state index is 0.00815. The molecule has 0 fully saturated rings. The topological polar surface area (TPSA) is 224 Å². The van der Waals surface area contributed by atoms with E-state index in [1.54, 1.807) is 39.2 Å². The van der Waals surface area contributed by atoms with E-state index in [0.717, 1.165) is 0 Å². The third kappa shape index (κ3) is 13.1. The van der Waals surface area contributed by atoms with E-state index in [4.69, 9.17) is 48.5 Å². The first-order chi connectivity index (χ1) is 20.4. The molecule has 0 amide bonds. The lowest BCUT2D eigenvalue weighted by atomic mass is 9.95. The van der Waals surface area contributed by atoms with Gasteiger partial charge in [0.1, 0.15) is 24.8 Å². The number of nitrogen functional groups attached to an aromatic ring is 1. The second-order valence-corrected chi connectivity index (χ2v) is 11.9. The van der Waals surface area contributed by atoms with Crippen molar-refractivity contribution < 1.29 is 61.8 Å². The molecule has 19 heteroatoms. The van der Waals surface area contributed by atoms with Crippen LogP contribution in [-0.2, 0) is 58.3 Å². The summed E-state index contributed by atoms with van der Waals surface area (Å²) < 4.78 is 56.7. The number of hydrogen-bond donors (Lipinski definition) is 2. The maximum absolute atomic E-state index is 13.4. The van der Waals surface area contributed by atoms with Gasteiger partial charge in [0.2, 0.25) is 13.6 Å². The molecule has 2 rings (SSSR count). The van der Waals surface area contributed by atoms with Gasteiger partial charge in [-0.05, 0) is 34.6 Å². The summed E-state index contributed by atoms with van der Waals surface area (Å²) in [5.74, 6) is -0.476. The summed E-state index contributed by atoms with van der Waals surface area (Å²) in [5, 5.41) is 8.25. The molecule has 18 nitrogen and oxygen atoms in total. The number of ether oxygens (including phenoxy) is 6. The zero-order valence-electron chi connectivity index (χ0n) is 24.8. The second-order valence-electron chi connectivity index (χ2n) is 9.91. The SMILES string of the molecule is CC(C)OC(=O)OCOP(=O)(CO[C@H](C)Cn1cnc2c(N)ncnc21)OCOC(=O)C(C)(C)COCCOCCOO. The quantitative estimate of drug-likeness (QED) is 0.0501. The lowest BCUT2D eigenvalue weighted by Gasteiger charge is -2.24. The Hall–Kier alpha value is -2.96. The Kier molecular flexibility index (Phi) is 15.2. The summed E-state index contributed by atoms with van der Waals surface area (Å²) in [6.45, 7) is 7.45. The van der Waals surface area contributed by atoms with E-state index in [-0.39, 0.29) is 45.4 Å². The van der Waals surface area contributed by atoms with E-state index >= 15 is 0 Å². The highest BCUT2D eigenvalue weighted by molar-refractivity contribution is 7.53. The number of hydrogen-bond acceptors (Lipinski definition) is 17. The Balaban J connectivity index is 1.91. The number of rotatable bonds is 21. The van der Waals surface area contributed by atoms with E-state index < -0.39 is 57.3 Å². The molecule has 2 atom stereocenters. The summed E-state index contributed by atoms with van der Waals surface area (Å²) in [5.41, 5.74) is 5.65. The molecule has 0 aromatic carbocycles. The van der Waals surface area contributed by atoms with Crippen molar-refractivity contribution in [1.29, 1.82) is 0 Å². The highest BCUT2D eigenvalue weighted by Gasteiger charge is 2.32. The first-order valence-corrected chi connectivity index (χ1v) is 14.9. The van der Waals surface area contributed by atoms with E-state index in [1.165, 1.54) is 12.7 Å². The number of carbonyl (C=O) groups excluding carboxylic acids is 2. The molecule has 0 spiro atoms. The number of imidazole rings is 1. The van der Waals surface area contributed by atoms with Gasteiger partial charge in [-0.25, -0.2) is 24.6 Å². The number of esters is 1. The Morgan fingerprint density at radius 2 is 1.70 bits per heavy atom. The van der Waals surface area contributed by atoms with Gasteiger partial charge in [0.15, 0.2) is 11.5 Å². The predicted molar refractivity (Wildman–Crippen MR) is 147 cm³/mol. The van der Waals surface area contributed by atoms with Crippen LogP contribution in [0.5, 0.6) is 0 Å². The molecule has 2 aromatic rings. The Morgan fingerprint density at radius 1 is 1.02 bits per heavy atom. The number of fused-ring (bicyclic) bond motifs is 1. The Morgan fingerprint density at radius 3 is 2.40 bits per heavy atom. The first-order valence-electron chi connectivity index (χ1n) is 13.2. The minimum atomic E-state index is -4.14. The monoisotopic (exact) mass is 637 g/mol. The van der Waals surface area contributed by atoms with E-state index in [0.29, 0.717) is 11.2 Å². The Bertz CT molecular complexity index is 1200. The van der Waals surface area contributed by atoms with Crippen LogP contribution in [0, 0.1) is 5.41 Å². The number of carbonyl (C=O) groups is 2. The zero-order chi connectivity index (χ0) is 31.9. The highest BCUT2D eigenvalue weighted by Crippen LogP contribution is 2.48. The first kappa shape index (κ1) is 36.2. The van der Waals surface area contributed by atoms with Gasteiger partial charge in [-0.2, -0.15) is 0 Å². The number of nitrogens with zero attached hydrogens (tertiary/aromatic N) is 4. The molecule has 0 aliphatic heterocycles. The lowest BCUT2D eigenvalue weighted by Crippen LogP contribution is -2.32. The molecular formula is C24H40N5O13P. The van der Waals surface area contributed by atoms with Crippen LogP contribution in [0.2, 0.25) is 0 Å². The third-order valence-electron chi connectivity index (χ3n) is 5.30. The average Bonchev–Trinajstić information content (AvgIpc) is 3.35. The summed E-state index contributed by atoms with van der Waals surface area (Å²) in [6, 6.07) is 0. The number of aromatic nitrogens is 4. The molecule has 0 saturated carbocycles. The summed E-state index contributed by atoms with van der Waals surface area (Å²) >= 11 is 0. The summed E-state index contributed by atoms with van der Waals surface area (Å²) in [6.07, 6.45) is 0.206. The van der Waals surface area contributed by atoms with Gasteiger partial charge in [-0.1, -0.05) is 0 Å². The summed E-state index contributed by atoms with van der Waals surface area (Å²) in [7, 11) is -4.14. The van der Waals surface area contributed by atoms with Crippen LogP contribution in [0.4, 0.5) is 10.6 Å². The van der Waals surface area contributed by atoms with Gasteiger partial charge < -0.3 is 38.7 Å². The van der Waals surface area contributed by atoms with Crippen LogP contribution in [0.15, 0.2) is 12.7 Å². The fraction of sp³-hybridized carbons (Fsp3) is 0.708. The molecule has 0 aliphatic carbocycles. The van der Waals surface area contributed by atoms with Crippen molar-refractivity contribution in [1.82, 2.24) is 19.5 Å². The van der Waals surface area contributed by atoms with Gasteiger partial charge >= 0.3 is 19.7 Å². The standard InChI is InChI=1S/C24H40N5O13P/c1-17(2)42-23(31)37-15-41-43(33,16-38-18(3)10-29-13-28-19-20(25)26-12-27-21(19)29)40-14-36-22(30)24(4,5)11-35-7-6-34-8-9-39-32/h12-13,17-18,32H,6-11,14-16H2,1-5H3,(H2,25,26,27)/t18-,43?/m1/s1. The third-order valence-corrected chi connectivity index (χ3v) is 6.77. The molecule has 0 radical (unpaired) electrons. The maximum atomic E-state index is 13.4. The molecule has 0 saturated heterocycles. The minimum Gasteiger partial charge on any atom is -0.437 e. The second kappa shape index (κ2) is 18.0. The van der Waals surface area contributed by atoms with Crippen molar-refractivity contribution in [3.63, 3.8) is 0 Å². The highest BCUT2D eigenvalue weighted by atomic mass is 31.2. The molecule has 0 aliphatic rings. The van der Waals surface area contributed by atoms with Crippen LogP contribution >= 0.6 is 7.60 Å². The maximum Gasteiger partial charge on any atom is 0.510 e. The average molecular weight is 638 g/mol. The molecule has 244 valence electrons. The summed E-state index contributed by atoms with van der Waals surface area (Å²) in [4.78, 5) is 40.4. The van der Waals surface area contributed by atoms with E-state index in [2.05, 4.69) is 19.8 Å².